The number of carbonyl (C=O) groups excluding carboxylic acids is 4. The molecule has 5 amide bonds. The molecule has 2 aliphatic heterocycles. The number of carbonyl (C=O) groups is 4. The van der Waals surface area contributed by atoms with Crippen LogP contribution in [0.3, 0.4) is 0 Å². The van der Waals surface area contributed by atoms with E-state index >= 15 is 0 Å². The summed E-state index contributed by atoms with van der Waals surface area (Å²) in [6, 6.07) is -0.524. The lowest BCUT2D eigenvalue weighted by atomic mass is 9.77. The average Bonchev–Trinajstić information content (AvgIpc) is 2.94. The SMILES string of the molecule is CC1CCC2(CC1)NC(=O)N(CC(=O)N(C)CC1=NC(=O)C3C=CC=CC3=N1)C2=O. The first-order valence-electron chi connectivity index (χ1n) is 10.2. The van der Waals surface area contributed by atoms with Gasteiger partial charge < -0.3 is 10.2 Å². The summed E-state index contributed by atoms with van der Waals surface area (Å²) >= 11 is 0. The molecule has 1 saturated heterocycles. The highest BCUT2D eigenvalue weighted by Gasteiger charge is 2.52. The van der Waals surface area contributed by atoms with Crippen molar-refractivity contribution in [2.24, 2.45) is 21.8 Å². The minimum absolute atomic E-state index is 0.0185. The summed E-state index contributed by atoms with van der Waals surface area (Å²) in [6.45, 7) is 1.81. The van der Waals surface area contributed by atoms with E-state index < -0.39 is 23.4 Å². The van der Waals surface area contributed by atoms with Crippen LogP contribution in [-0.2, 0) is 14.4 Å². The highest BCUT2D eigenvalue weighted by Crippen LogP contribution is 2.36. The summed E-state index contributed by atoms with van der Waals surface area (Å²) in [5.74, 6) is -0.780. The van der Waals surface area contributed by atoms with E-state index in [1.165, 1.54) is 11.9 Å². The number of nitrogens with zero attached hydrogens (tertiary/aromatic N) is 4. The molecule has 2 heterocycles. The predicted molar refractivity (Wildman–Crippen MR) is 110 cm³/mol. The molecule has 1 unspecified atom stereocenters. The molecule has 1 spiro atoms. The van der Waals surface area contributed by atoms with E-state index in [1.54, 1.807) is 24.3 Å². The van der Waals surface area contributed by atoms with Gasteiger partial charge in [-0.05, 0) is 37.7 Å². The highest BCUT2D eigenvalue weighted by molar-refractivity contribution is 6.21. The average molecular weight is 411 g/mol. The number of hydrogen-bond acceptors (Lipinski definition) is 5. The fraction of sp³-hybridized carbons (Fsp3) is 0.524. The van der Waals surface area contributed by atoms with E-state index in [9.17, 15) is 19.2 Å². The van der Waals surface area contributed by atoms with Crippen molar-refractivity contribution in [2.75, 3.05) is 20.1 Å². The molecule has 1 saturated carbocycles. The molecule has 158 valence electrons. The van der Waals surface area contributed by atoms with Gasteiger partial charge in [0.2, 0.25) is 5.91 Å². The Bertz CT molecular complexity index is 924. The lowest BCUT2D eigenvalue weighted by Crippen LogP contribution is -2.50. The second kappa shape index (κ2) is 7.62. The van der Waals surface area contributed by atoms with Gasteiger partial charge in [0.1, 0.15) is 18.0 Å². The molecule has 9 nitrogen and oxygen atoms in total. The summed E-state index contributed by atoms with van der Waals surface area (Å²) in [6.07, 6.45) is 9.97. The summed E-state index contributed by atoms with van der Waals surface area (Å²) in [7, 11) is 1.54. The van der Waals surface area contributed by atoms with Crippen molar-refractivity contribution in [3.63, 3.8) is 0 Å². The van der Waals surface area contributed by atoms with Gasteiger partial charge in [0.15, 0.2) is 5.84 Å². The zero-order valence-electron chi connectivity index (χ0n) is 17.1. The molecule has 2 fully saturated rings. The number of imide groups is 1. The van der Waals surface area contributed by atoms with E-state index in [0.29, 0.717) is 24.5 Å². The van der Waals surface area contributed by atoms with Gasteiger partial charge in [0.25, 0.3) is 11.8 Å². The fourth-order valence-electron chi connectivity index (χ4n) is 4.26. The number of aliphatic imine (C=N–C) groups is 2. The molecular formula is C21H25N5O4. The number of amides is 5. The van der Waals surface area contributed by atoms with E-state index in [4.69, 9.17) is 0 Å². The third-order valence-electron chi connectivity index (χ3n) is 6.24. The van der Waals surface area contributed by atoms with Crippen molar-refractivity contribution in [3.05, 3.63) is 24.3 Å². The molecule has 0 aromatic heterocycles. The zero-order chi connectivity index (χ0) is 21.5. The Balaban J connectivity index is 1.39. The van der Waals surface area contributed by atoms with Gasteiger partial charge >= 0.3 is 6.03 Å². The molecular weight excluding hydrogens is 386 g/mol. The molecule has 0 aromatic rings. The van der Waals surface area contributed by atoms with E-state index in [0.717, 1.165) is 17.7 Å². The van der Waals surface area contributed by atoms with Crippen LogP contribution < -0.4 is 5.32 Å². The Morgan fingerprint density at radius 2 is 1.97 bits per heavy atom. The van der Waals surface area contributed by atoms with Gasteiger partial charge in [-0.1, -0.05) is 25.2 Å². The number of likely N-dealkylation sites (N-methyl/N-ethyl adjacent to an activating group) is 1. The zero-order valence-corrected chi connectivity index (χ0v) is 17.1. The van der Waals surface area contributed by atoms with Crippen molar-refractivity contribution in [1.82, 2.24) is 15.1 Å². The Morgan fingerprint density at radius 3 is 2.70 bits per heavy atom. The second-order valence-electron chi connectivity index (χ2n) is 8.46. The minimum Gasteiger partial charge on any atom is -0.337 e. The molecule has 0 radical (unpaired) electrons. The van der Waals surface area contributed by atoms with Crippen molar-refractivity contribution in [1.29, 1.82) is 0 Å². The predicted octanol–water partition coefficient (Wildman–Crippen LogP) is 1.07. The number of amidine groups is 1. The standard InChI is InChI=1S/C21H25N5O4/c1-13-7-9-21(10-8-13)19(29)26(20(30)24-21)12-17(27)25(2)11-16-22-15-6-4-3-5-14(15)18(28)23-16/h3-6,13-14H,7-12H2,1-2H3,(H,24,30). The van der Waals surface area contributed by atoms with Gasteiger partial charge in [-0.2, -0.15) is 4.99 Å². The number of nitrogens with one attached hydrogen (secondary N) is 1. The monoisotopic (exact) mass is 411 g/mol. The Hall–Kier alpha value is -3.10. The number of allylic oxidation sites excluding steroid dienone is 3. The normalized spacial score (nSPS) is 30.2. The van der Waals surface area contributed by atoms with E-state index in [1.807, 2.05) is 0 Å². The highest BCUT2D eigenvalue weighted by atomic mass is 16.2. The first kappa shape index (κ1) is 20.2. The van der Waals surface area contributed by atoms with Crippen LogP contribution in [0.4, 0.5) is 4.79 Å². The topological polar surface area (TPSA) is 112 Å². The van der Waals surface area contributed by atoms with Gasteiger partial charge in [-0.25, -0.2) is 9.79 Å². The molecule has 1 atom stereocenters. The summed E-state index contributed by atoms with van der Waals surface area (Å²) in [4.78, 5) is 60.9. The Kier molecular flexibility index (Phi) is 5.13. The third-order valence-corrected chi connectivity index (χ3v) is 6.24. The quantitative estimate of drug-likeness (QED) is 0.698. The molecule has 30 heavy (non-hydrogen) atoms. The van der Waals surface area contributed by atoms with Gasteiger partial charge in [0, 0.05) is 7.05 Å². The van der Waals surface area contributed by atoms with Crippen molar-refractivity contribution < 1.29 is 19.2 Å². The number of urea groups is 1. The van der Waals surface area contributed by atoms with Crippen LogP contribution in [0.5, 0.6) is 0 Å². The molecule has 0 aromatic carbocycles. The van der Waals surface area contributed by atoms with Gasteiger partial charge in [-0.15, -0.1) is 0 Å². The fourth-order valence-corrected chi connectivity index (χ4v) is 4.26. The second-order valence-corrected chi connectivity index (χ2v) is 8.46. The Morgan fingerprint density at radius 1 is 1.23 bits per heavy atom. The third kappa shape index (κ3) is 3.59. The van der Waals surface area contributed by atoms with Crippen molar-refractivity contribution >= 4 is 35.3 Å². The molecule has 4 aliphatic rings. The van der Waals surface area contributed by atoms with Crippen LogP contribution in [0.25, 0.3) is 0 Å². The lowest BCUT2D eigenvalue weighted by molar-refractivity contribution is -0.138. The number of fused-ring (bicyclic) bond motifs is 1. The smallest absolute Gasteiger partial charge is 0.325 e. The van der Waals surface area contributed by atoms with Gasteiger partial charge in [0.05, 0.1) is 12.3 Å². The summed E-state index contributed by atoms with van der Waals surface area (Å²) in [5, 5.41) is 2.81. The maximum atomic E-state index is 12.9. The first-order valence-corrected chi connectivity index (χ1v) is 10.2. The molecule has 0 bridgehead atoms. The number of hydrogen-bond donors (Lipinski definition) is 1. The van der Waals surface area contributed by atoms with Crippen molar-refractivity contribution in [2.45, 2.75) is 38.1 Å². The number of rotatable bonds is 4. The molecule has 1 N–H and O–H groups in total. The maximum absolute atomic E-state index is 12.9. The van der Waals surface area contributed by atoms with Crippen LogP contribution in [0.1, 0.15) is 32.6 Å². The van der Waals surface area contributed by atoms with Crippen LogP contribution in [-0.4, -0.2) is 70.8 Å². The summed E-state index contributed by atoms with van der Waals surface area (Å²) in [5.41, 5.74) is -0.277. The van der Waals surface area contributed by atoms with Crippen LogP contribution in [0, 0.1) is 11.8 Å². The summed E-state index contributed by atoms with van der Waals surface area (Å²) < 4.78 is 0. The largest absolute Gasteiger partial charge is 0.337 e. The minimum atomic E-state index is -0.871. The van der Waals surface area contributed by atoms with Crippen LogP contribution in [0.2, 0.25) is 0 Å². The molecule has 9 heteroatoms. The van der Waals surface area contributed by atoms with E-state index in [2.05, 4.69) is 22.2 Å². The van der Waals surface area contributed by atoms with Crippen LogP contribution in [0.15, 0.2) is 34.3 Å². The Labute approximate surface area is 174 Å². The maximum Gasteiger partial charge on any atom is 0.325 e. The van der Waals surface area contributed by atoms with Gasteiger partial charge in [-0.3, -0.25) is 19.3 Å². The van der Waals surface area contributed by atoms with Crippen molar-refractivity contribution in [3.8, 4) is 0 Å². The van der Waals surface area contributed by atoms with Crippen LogP contribution >= 0.6 is 0 Å². The first-order chi connectivity index (χ1) is 14.3. The lowest BCUT2D eigenvalue weighted by Gasteiger charge is -2.33. The molecule has 2 aliphatic carbocycles. The van der Waals surface area contributed by atoms with E-state index in [-0.39, 0.29) is 30.7 Å². The molecule has 4 rings (SSSR count).